The van der Waals surface area contributed by atoms with Gasteiger partial charge in [-0.25, -0.2) is 0 Å². The lowest BCUT2D eigenvalue weighted by atomic mass is 10.1. The molecule has 1 aromatic rings. The van der Waals surface area contributed by atoms with Gasteiger partial charge in [-0.05, 0) is 37.8 Å². The van der Waals surface area contributed by atoms with E-state index in [1.54, 1.807) is 0 Å². The zero-order chi connectivity index (χ0) is 12.3. The molecule has 2 N–H and O–H groups in total. The largest absolute Gasteiger partial charge is 0.326 e. The lowest BCUT2D eigenvalue weighted by molar-refractivity contribution is 0.499. The van der Waals surface area contributed by atoms with Crippen molar-refractivity contribution in [2.45, 2.75) is 47.2 Å². The summed E-state index contributed by atoms with van der Waals surface area (Å²) in [6.45, 7) is 9.37. The highest BCUT2D eigenvalue weighted by Crippen LogP contribution is 2.08. The van der Waals surface area contributed by atoms with E-state index in [4.69, 9.17) is 5.73 Å². The fourth-order valence-corrected chi connectivity index (χ4v) is 1.88. The van der Waals surface area contributed by atoms with E-state index in [2.05, 4.69) is 13.8 Å². The van der Waals surface area contributed by atoms with Gasteiger partial charge in [0.2, 0.25) is 0 Å². The summed E-state index contributed by atoms with van der Waals surface area (Å²) in [4.78, 5) is 12.1. The minimum Gasteiger partial charge on any atom is -0.326 e. The van der Waals surface area contributed by atoms with Gasteiger partial charge in [0.25, 0.3) is 5.56 Å². The van der Waals surface area contributed by atoms with Crippen LogP contribution in [0.25, 0.3) is 0 Å². The van der Waals surface area contributed by atoms with Crippen LogP contribution in [-0.2, 0) is 13.1 Å². The molecule has 0 saturated carbocycles. The van der Waals surface area contributed by atoms with Gasteiger partial charge >= 0.3 is 0 Å². The Morgan fingerprint density at radius 2 is 2.00 bits per heavy atom. The SMILES string of the molecule is Cc1cc(C)n(CCC(C)C)c(=O)c1CN. The molecule has 0 aliphatic carbocycles. The molecule has 90 valence electrons. The van der Waals surface area contributed by atoms with Crippen LogP contribution in [0.5, 0.6) is 0 Å². The molecule has 0 fully saturated rings. The van der Waals surface area contributed by atoms with Gasteiger partial charge in [0, 0.05) is 24.3 Å². The van der Waals surface area contributed by atoms with Crippen LogP contribution >= 0.6 is 0 Å². The maximum atomic E-state index is 12.1. The summed E-state index contributed by atoms with van der Waals surface area (Å²) in [5.74, 6) is 0.605. The van der Waals surface area contributed by atoms with E-state index in [-0.39, 0.29) is 5.56 Å². The Kier molecular flexibility index (Phi) is 4.30. The van der Waals surface area contributed by atoms with Gasteiger partial charge in [-0.15, -0.1) is 0 Å². The van der Waals surface area contributed by atoms with Gasteiger partial charge in [0.05, 0.1) is 0 Å². The quantitative estimate of drug-likeness (QED) is 0.846. The van der Waals surface area contributed by atoms with E-state index < -0.39 is 0 Å². The van der Waals surface area contributed by atoms with Gasteiger partial charge < -0.3 is 10.3 Å². The molecule has 0 atom stereocenters. The number of rotatable bonds is 4. The molecule has 0 unspecified atom stereocenters. The maximum Gasteiger partial charge on any atom is 0.255 e. The fourth-order valence-electron chi connectivity index (χ4n) is 1.88. The van der Waals surface area contributed by atoms with Crippen LogP contribution in [0.1, 0.15) is 37.1 Å². The first kappa shape index (κ1) is 13.0. The molecule has 1 rings (SSSR count). The second kappa shape index (κ2) is 5.30. The first-order valence-electron chi connectivity index (χ1n) is 5.87. The van der Waals surface area contributed by atoms with Crippen molar-refractivity contribution in [1.29, 1.82) is 0 Å². The predicted octanol–water partition coefficient (Wildman–Crippen LogP) is 1.97. The van der Waals surface area contributed by atoms with Crippen molar-refractivity contribution in [1.82, 2.24) is 4.57 Å². The molecule has 0 radical (unpaired) electrons. The summed E-state index contributed by atoms with van der Waals surface area (Å²) < 4.78 is 1.84. The lowest BCUT2D eigenvalue weighted by Gasteiger charge is -2.14. The third kappa shape index (κ3) is 2.73. The number of pyridine rings is 1. The molecule has 0 amide bonds. The van der Waals surface area contributed by atoms with Crippen molar-refractivity contribution in [2.24, 2.45) is 11.7 Å². The van der Waals surface area contributed by atoms with Crippen LogP contribution in [0, 0.1) is 19.8 Å². The van der Waals surface area contributed by atoms with E-state index in [0.717, 1.165) is 29.8 Å². The number of hydrogen-bond acceptors (Lipinski definition) is 2. The molecule has 0 aromatic carbocycles. The van der Waals surface area contributed by atoms with Crippen molar-refractivity contribution < 1.29 is 0 Å². The van der Waals surface area contributed by atoms with E-state index in [1.807, 2.05) is 24.5 Å². The predicted molar refractivity (Wildman–Crippen MR) is 67.5 cm³/mol. The average molecular weight is 222 g/mol. The van der Waals surface area contributed by atoms with E-state index >= 15 is 0 Å². The zero-order valence-corrected chi connectivity index (χ0v) is 10.7. The first-order valence-corrected chi connectivity index (χ1v) is 5.87. The van der Waals surface area contributed by atoms with Crippen LogP contribution in [0.2, 0.25) is 0 Å². The molecule has 0 bridgehead atoms. The second-order valence-corrected chi connectivity index (χ2v) is 4.79. The third-order valence-corrected chi connectivity index (χ3v) is 2.96. The first-order chi connectivity index (χ1) is 7.47. The Morgan fingerprint density at radius 3 is 2.50 bits per heavy atom. The van der Waals surface area contributed by atoms with Crippen molar-refractivity contribution in [3.8, 4) is 0 Å². The van der Waals surface area contributed by atoms with Gasteiger partial charge in [-0.3, -0.25) is 4.79 Å². The smallest absolute Gasteiger partial charge is 0.255 e. The van der Waals surface area contributed by atoms with Crippen molar-refractivity contribution in [3.05, 3.63) is 33.2 Å². The molecule has 1 aromatic heterocycles. The minimum atomic E-state index is 0.0839. The monoisotopic (exact) mass is 222 g/mol. The zero-order valence-electron chi connectivity index (χ0n) is 10.7. The molecule has 0 saturated heterocycles. The number of aryl methyl sites for hydroxylation is 2. The van der Waals surface area contributed by atoms with Crippen LogP contribution in [0.4, 0.5) is 0 Å². The molecule has 3 heteroatoms. The average Bonchev–Trinajstić information content (AvgIpc) is 2.16. The van der Waals surface area contributed by atoms with E-state index in [9.17, 15) is 4.79 Å². The standard InChI is InChI=1S/C13H22N2O/c1-9(2)5-6-15-11(4)7-10(3)12(8-14)13(15)16/h7,9H,5-6,8,14H2,1-4H3. The Balaban J connectivity index is 3.13. The molecule has 0 aliphatic heterocycles. The van der Waals surface area contributed by atoms with Gasteiger partial charge in [0.1, 0.15) is 0 Å². The van der Waals surface area contributed by atoms with Crippen molar-refractivity contribution in [2.75, 3.05) is 0 Å². The van der Waals surface area contributed by atoms with E-state index in [0.29, 0.717) is 12.5 Å². The maximum absolute atomic E-state index is 12.1. The molecule has 16 heavy (non-hydrogen) atoms. The molecule has 3 nitrogen and oxygen atoms in total. The van der Waals surface area contributed by atoms with E-state index in [1.165, 1.54) is 0 Å². The van der Waals surface area contributed by atoms with Crippen LogP contribution in [-0.4, -0.2) is 4.57 Å². The summed E-state index contributed by atoms with van der Waals surface area (Å²) in [7, 11) is 0. The Labute approximate surface area is 97.3 Å². The molecular formula is C13H22N2O. The highest BCUT2D eigenvalue weighted by molar-refractivity contribution is 5.25. The summed E-state index contributed by atoms with van der Waals surface area (Å²) in [5, 5.41) is 0. The normalized spacial score (nSPS) is 11.1. The molecule has 0 aliphatic rings. The number of nitrogens with two attached hydrogens (primary N) is 1. The van der Waals surface area contributed by atoms with Crippen molar-refractivity contribution in [3.63, 3.8) is 0 Å². The number of hydrogen-bond donors (Lipinski definition) is 1. The summed E-state index contributed by atoms with van der Waals surface area (Å²) in [6.07, 6.45) is 1.02. The van der Waals surface area contributed by atoms with Crippen LogP contribution < -0.4 is 11.3 Å². The Hall–Kier alpha value is -1.09. The summed E-state index contributed by atoms with van der Waals surface area (Å²) >= 11 is 0. The minimum absolute atomic E-state index is 0.0839. The third-order valence-electron chi connectivity index (χ3n) is 2.96. The molecular weight excluding hydrogens is 200 g/mol. The number of nitrogens with zero attached hydrogens (tertiary/aromatic N) is 1. The van der Waals surface area contributed by atoms with Gasteiger partial charge in [-0.2, -0.15) is 0 Å². The van der Waals surface area contributed by atoms with Crippen molar-refractivity contribution >= 4 is 0 Å². The highest BCUT2D eigenvalue weighted by Gasteiger charge is 2.09. The molecule has 0 spiro atoms. The molecule has 1 heterocycles. The Bertz CT molecular complexity index is 419. The van der Waals surface area contributed by atoms with Crippen LogP contribution in [0.15, 0.2) is 10.9 Å². The summed E-state index contributed by atoms with van der Waals surface area (Å²) in [6, 6.07) is 2.05. The lowest BCUT2D eigenvalue weighted by Crippen LogP contribution is -2.28. The van der Waals surface area contributed by atoms with Gasteiger partial charge in [-0.1, -0.05) is 13.8 Å². The topological polar surface area (TPSA) is 48.0 Å². The second-order valence-electron chi connectivity index (χ2n) is 4.79. The summed E-state index contributed by atoms with van der Waals surface area (Å²) in [5.41, 5.74) is 8.48. The highest BCUT2D eigenvalue weighted by atomic mass is 16.1. The van der Waals surface area contributed by atoms with Crippen LogP contribution in [0.3, 0.4) is 0 Å². The van der Waals surface area contributed by atoms with Gasteiger partial charge in [0.15, 0.2) is 0 Å². The number of aromatic nitrogens is 1. The fraction of sp³-hybridized carbons (Fsp3) is 0.615. The Morgan fingerprint density at radius 1 is 1.38 bits per heavy atom.